The zero-order valence-electron chi connectivity index (χ0n) is 31.2. The Morgan fingerprint density at radius 3 is 1.56 bits per heavy atom. The zero-order valence-corrected chi connectivity index (χ0v) is 31.2. The fourth-order valence-corrected chi connectivity index (χ4v) is 7.67. The highest BCUT2D eigenvalue weighted by atomic mass is 16.3. The Morgan fingerprint density at radius 1 is 0.456 bits per heavy atom. The molecule has 270 valence electrons. The fraction of sp³-hybridized carbons (Fsp3) is 0.0192. The van der Waals surface area contributed by atoms with E-state index in [1.807, 2.05) is 55.5 Å². The molecule has 3 aromatic heterocycles. The van der Waals surface area contributed by atoms with E-state index in [1.165, 1.54) is 0 Å². The van der Waals surface area contributed by atoms with Crippen LogP contribution in [0, 0.1) is 0 Å². The first-order valence-electron chi connectivity index (χ1n) is 19.0. The second-order valence-electron chi connectivity index (χ2n) is 13.9. The van der Waals surface area contributed by atoms with Crippen molar-refractivity contribution in [3.05, 3.63) is 199 Å². The first-order valence-corrected chi connectivity index (χ1v) is 19.0. The minimum Gasteiger partial charge on any atom is -0.455 e. The van der Waals surface area contributed by atoms with E-state index < -0.39 is 0 Å². The quantitative estimate of drug-likeness (QED) is 0.163. The summed E-state index contributed by atoms with van der Waals surface area (Å²) in [4.78, 5) is 15.2. The van der Waals surface area contributed by atoms with Crippen LogP contribution in [0.4, 0.5) is 0 Å². The Hall–Kier alpha value is -7.63. The highest BCUT2D eigenvalue weighted by Crippen LogP contribution is 2.36. The summed E-state index contributed by atoms with van der Waals surface area (Å²) in [5.74, 6) is 1.76. The molecule has 0 saturated heterocycles. The van der Waals surface area contributed by atoms with Crippen molar-refractivity contribution in [1.82, 2.24) is 15.0 Å². The largest absolute Gasteiger partial charge is 0.455 e. The van der Waals surface area contributed by atoms with Gasteiger partial charge in [0, 0.05) is 49.2 Å². The van der Waals surface area contributed by atoms with E-state index >= 15 is 0 Å². The molecule has 10 aromatic rings. The lowest BCUT2D eigenvalue weighted by molar-refractivity contribution is 0.573. The highest BCUT2D eigenvalue weighted by Gasteiger charge is 2.16. The number of nitrogens with zero attached hydrogens (tertiary/aromatic N) is 3. The summed E-state index contributed by atoms with van der Waals surface area (Å²) < 4.78 is 12.7. The summed E-state index contributed by atoms with van der Waals surface area (Å²) >= 11 is 0. The van der Waals surface area contributed by atoms with E-state index in [1.54, 1.807) is 0 Å². The first-order chi connectivity index (χ1) is 28.1. The second-order valence-corrected chi connectivity index (χ2v) is 13.9. The maximum atomic E-state index is 6.37. The Labute approximate surface area is 329 Å². The van der Waals surface area contributed by atoms with Crippen LogP contribution in [-0.4, -0.2) is 15.0 Å². The van der Waals surface area contributed by atoms with Crippen molar-refractivity contribution in [2.24, 2.45) is 0 Å². The molecule has 0 aliphatic carbocycles. The van der Waals surface area contributed by atoms with Gasteiger partial charge in [0.25, 0.3) is 0 Å². The third kappa shape index (κ3) is 6.12. The van der Waals surface area contributed by atoms with Crippen LogP contribution >= 0.6 is 0 Å². The SMILES string of the molecule is C=C/C(c1ccc(-c2nc(-c3ccc(-c4ccccc4)cc3)nc(-c3ccc(-c4cccc5c4oc4ccccc45)cc3)n2)cc1)=c1/oc2ccccc2/c1=C/C. The van der Waals surface area contributed by atoms with Gasteiger partial charge >= 0.3 is 0 Å². The normalized spacial score (nSPS) is 12.4. The summed E-state index contributed by atoms with van der Waals surface area (Å²) in [6.07, 6.45) is 3.95. The van der Waals surface area contributed by atoms with E-state index in [-0.39, 0.29) is 0 Å². The van der Waals surface area contributed by atoms with E-state index in [4.69, 9.17) is 23.8 Å². The van der Waals surface area contributed by atoms with Crippen LogP contribution in [0.5, 0.6) is 0 Å². The number of furan rings is 2. The van der Waals surface area contributed by atoms with Gasteiger partial charge in [0.05, 0.1) is 0 Å². The number of aromatic nitrogens is 3. The van der Waals surface area contributed by atoms with E-state index in [2.05, 4.69) is 140 Å². The van der Waals surface area contributed by atoms with Crippen molar-refractivity contribution < 1.29 is 8.83 Å². The molecule has 10 rings (SSSR count). The summed E-state index contributed by atoms with van der Waals surface area (Å²) in [5, 5.41) is 4.34. The van der Waals surface area contributed by atoms with Crippen LogP contribution in [0.1, 0.15) is 12.5 Å². The van der Waals surface area contributed by atoms with Crippen molar-refractivity contribution >= 4 is 44.6 Å². The molecule has 5 nitrogen and oxygen atoms in total. The van der Waals surface area contributed by atoms with Gasteiger partial charge in [0.15, 0.2) is 17.5 Å². The maximum Gasteiger partial charge on any atom is 0.164 e. The minimum atomic E-state index is 0.580. The van der Waals surface area contributed by atoms with Crippen LogP contribution in [-0.2, 0) is 0 Å². The van der Waals surface area contributed by atoms with Crippen molar-refractivity contribution in [2.45, 2.75) is 6.92 Å². The van der Waals surface area contributed by atoms with Crippen LogP contribution < -0.4 is 10.6 Å². The van der Waals surface area contributed by atoms with Gasteiger partial charge in [-0.05, 0) is 41.3 Å². The lowest BCUT2D eigenvalue weighted by Gasteiger charge is -2.10. The second kappa shape index (κ2) is 14.2. The zero-order chi connectivity index (χ0) is 38.3. The number of rotatable bonds is 7. The van der Waals surface area contributed by atoms with Gasteiger partial charge in [-0.1, -0.05) is 176 Å². The van der Waals surface area contributed by atoms with Crippen molar-refractivity contribution in [1.29, 1.82) is 0 Å². The number of hydrogen-bond acceptors (Lipinski definition) is 5. The van der Waals surface area contributed by atoms with E-state index in [0.29, 0.717) is 17.5 Å². The third-order valence-corrected chi connectivity index (χ3v) is 10.6. The molecule has 0 N–H and O–H groups in total. The Bertz CT molecular complexity index is 3230. The molecule has 0 fully saturated rings. The standard InChI is InChI=1S/C52H35N3O2/c1-3-40(48-41(4-2)43-15-8-10-19-46(43)56-48)35-23-29-38(30-24-35)51-53-50(37-27-21-34(22-28-37)33-13-6-5-7-14-33)54-52(55-51)39-31-25-36(26-32-39)42-17-12-18-45-44-16-9-11-20-47(44)57-49(42)45/h3-32H,1H2,2H3/b41-4-,48-40-. The molecule has 0 spiro atoms. The molecular weight excluding hydrogens is 699 g/mol. The molecule has 5 heteroatoms. The van der Waals surface area contributed by atoms with Gasteiger partial charge < -0.3 is 8.83 Å². The van der Waals surface area contributed by atoms with Crippen molar-refractivity contribution in [3.8, 4) is 56.4 Å². The molecule has 0 radical (unpaired) electrons. The topological polar surface area (TPSA) is 65.0 Å². The van der Waals surface area contributed by atoms with Gasteiger partial charge in [-0.25, -0.2) is 15.0 Å². The summed E-state index contributed by atoms with van der Waals surface area (Å²) in [5.41, 5.74) is 12.3. The average Bonchev–Trinajstić information content (AvgIpc) is 3.86. The minimum absolute atomic E-state index is 0.580. The molecule has 0 atom stereocenters. The summed E-state index contributed by atoms with van der Waals surface area (Å²) in [6.45, 7) is 6.19. The molecule has 0 aliphatic rings. The van der Waals surface area contributed by atoms with Crippen molar-refractivity contribution in [2.75, 3.05) is 0 Å². The molecule has 57 heavy (non-hydrogen) atoms. The summed E-state index contributed by atoms with van der Waals surface area (Å²) in [6, 6.07) is 57.9. The van der Waals surface area contributed by atoms with Gasteiger partial charge in [-0.2, -0.15) is 0 Å². The average molecular weight is 734 g/mol. The van der Waals surface area contributed by atoms with E-state index in [0.717, 1.165) is 93.6 Å². The molecule has 0 bridgehead atoms. The molecule has 0 aliphatic heterocycles. The molecule has 0 unspecified atom stereocenters. The highest BCUT2D eigenvalue weighted by molar-refractivity contribution is 6.09. The van der Waals surface area contributed by atoms with Gasteiger partial charge in [0.1, 0.15) is 22.2 Å². The third-order valence-electron chi connectivity index (χ3n) is 10.6. The van der Waals surface area contributed by atoms with E-state index in [9.17, 15) is 0 Å². The molecule has 0 saturated carbocycles. The predicted octanol–water partition coefficient (Wildman–Crippen LogP) is 12.0. The van der Waals surface area contributed by atoms with Crippen LogP contribution in [0.15, 0.2) is 191 Å². The Morgan fingerprint density at radius 2 is 0.947 bits per heavy atom. The fourth-order valence-electron chi connectivity index (χ4n) is 7.67. The molecule has 7 aromatic carbocycles. The smallest absolute Gasteiger partial charge is 0.164 e. The first kappa shape index (κ1) is 33.9. The van der Waals surface area contributed by atoms with Gasteiger partial charge in [0.2, 0.25) is 0 Å². The number of hydrogen-bond donors (Lipinski definition) is 0. The number of benzene rings is 7. The van der Waals surface area contributed by atoms with Gasteiger partial charge in [-0.15, -0.1) is 0 Å². The molecule has 0 amide bonds. The van der Waals surface area contributed by atoms with Crippen molar-refractivity contribution in [3.63, 3.8) is 0 Å². The molecule has 3 heterocycles. The predicted molar refractivity (Wildman–Crippen MR) is 233 cm³/mol. The monoisotopic (exact) mass is 733 g/mol. The number of fused-ring (bicyclic) bond motifs is 4. The number of allylic oxidation sites excluding steroid dienone is 1. The lowest BCUT2D eigenvalue weighted by atomic mass is 10.0. The maximum absolute atomic E-state index is 6.37. The number of para-hydroxylation sites is 3. The van der Waals surface area contributed by atoms with Gasteiger partial charge in [-0.3, -0.25) is 0 Å². The Balaban J connectivity index is 1.06. The lowest BCUT2D eigenvalue weighted by Crippen LogP contribution is -2.22. The van der Waals surface area contributed by atoms with Crippen LogP contribution in [0.3, 0.4) is 0 Å². The summed E-state index contributed by atoms with van der Waals surface area (Å²) in [7, 11) is 0. The Kier molecular flexibility index (Phi) is 8.46. The van der Waals surface area contributed by atoms with Crippen LogP contribution in [0.25, 0.3) is 101 Å². The molecular formula is C52H35N3O2. The van der Waals surface area contributed by atoms with Crippen LogP contribution in [0.2, 0.25) is 0 Å².